The molecule has 1 aromatic rings. The molecule has 1 rings (SSSR count). The fraction of sp³-hybridized carbons (Fsp3) is 0.429. The summed E-state index contributed by atoms with van der Waals surface area (Å²) in [7, 11) is 1.68. The number of guanidine groups is 1. The van der Waals surface area contributed by atoms with E-state index in [1.807, 2.05) is 44.2 Å². The second kappa shape index (κ2) is 10.5. The molecule has 0 aliphatic rings. The number of amides is 1. The van der Waals surface area contributed by atoms with Gasteiger partial charge in [0.2, 0.25) is 5.91 Å². The maximum atomic E-state index is 11.7. The van der Waals surface area contributed by atoms with Gasteiger partial charge in [0.15, 0.2) is 5.96 Å². The van der Waals surface area contributed by atoms with Gasteiger partial charge in [-0.15, -0.1) is 24.0 Å². The van der Waals surface area contributed by atoms with Crippen molar-refractivity contribution in [2.45, 2.75) is 26.4 Å². The van der Waals surface area contributed by atoms with Crippen LogP contribution in [0.25, 0.3) is 0 Å². The van der Waals surface area contributed by atoms with E-state index in [1.165, 1.54) is 0 Å². The highest BCUT2D eigenvalue weighted by Gasteiger charge is 2.04. The van der Waals surface area contributed by atoms with Crippen molar-refractivity contribution in [1.29, 1.82) is 0 Å². The third kappa shape index (κ3) is 7.98. The summed E-state index contributed by atoms with van der Waals surface area (Å²) in [4.78, 5) is 15.7. The van der Waals surface area contributed by atoms with E-state index in [9.17, 15) is 4.79 Å². The molecule has 0 bridgehead atoms. The molecule has 20 heavy (non-hydrogen) atoms. The summed E-state index contributed by atoms with van der Waals surface area (Å²) in [5.41, 5.74) is 1.08. The van der Waals surface area contributed by atoms with Crippen LogP contribution in [-0.4, -0.2) is 31.5 Å². The van der Waals surface area contributed by atoms with Gasteiger partial charge in [-0.05, 0) is 19.4 Å². The molecule has 0 aromatic heterocycles. The van der Waals surface area contributed by atoms with Crippen LogP contribution in [0.1, 0.15) is 19.4 Å². The first-order valence-corrected chi connectivity index (χ1v) is 6.39. The molecular weight excluding hydrogens is 367 g/mol. The molecule has 0 unspecified atom stereocenters. The van der Waals surface area contributed by atoms with Gasteiger partial charge in [-0.1, -0.05) is 30.3 Å². The lowest BCUT2D eigenvalue weighted by molar-refractivity contribution is -0.120. The van der Waals surface area contributed by atoms with Gasteiger partial charge in [0.25, 0.3) is 0 Å². The van der Waals surface area contributed by atoms with Gasteiger partial charge in [0.05, 0.1) is 6.54 Å². The summed E-state index contributed by atoms with van der Waals surface area (Å²) in [5.74, 6) is 0.570. The van der Waals surface area contributed by atoms with Crippen molar-refractivity contribution < 1.29 is 4.79 Å². The van der Waals surface area contributed by atoms with Crippen LogP contribution in [0.4, 0.5) is 0 Å². The van der Waals surface area contributed by atoms with Crippen LogP contribution < -0.4 is 16.0 Å². The van der Waals surface area contributed by atoms with Gasteiger partial charge in [0.1, 0.15) is 0 Å². The van der Waals surface area contributed by atoms with E-state index in [2.05, 4.69) is 20.9 Å². The minimum absolute atomic E-state index is 0. The Morgan fingerprint density at radius 2 is 1.85 bits per heavy atom. The molecule has 0 atom stereocenters. The summed E-state index contributed by atoms with van der Waals surface area (Å²) >= 11 is 0. The molecule has 6 heteroatoms. The zero-order chi connectivity index (χ0) is 14.1. The van der Waals surface area contributed by atoms with E-state index in [0.717, 1.165) is 5.56 Å². The lowest BCUT2D eigenvalue weighted by Crippen LogP contribution is -2.45. The Morgan fingerprint density at radius 1 is 1.20 bits per heavy atom. The summed E-state index contributed by atoms with van der Waals surface area (Å²) in [6.45, 7) is 4.78. The Kier molecular flexibility index (Phi) is 9.79. The van der Waals surface area contributed by atoms with Crippen molar-refractivity contribution in [3.05, 3.63) is 35.9 Å². The lowest BCUT2D eigenvalue weighted by Gasteiger charge is -2.14. The Morgan fingerprint density at radius 3 is 2.40 bits per heavy atom. The Balaban J connectivity index is 0.00000361. The fourth-order valence-electron chi connectivity index (χ4n) is 1.49. The van der Waals surface area contributed by atoms with Crippen molar-refractivity contribution in [2.75, 3.05) is 13.6 Å². The van der Waals surface area contributed by atoms with Gasteiger partial charge in [0, 0.05) is 19.6 Å². The number of rotatable bonds is 5. The van der Waals surface area contributed by atoms with Crippen LogP contribution >= 0.6 is 24.0 Å². The molecule has 0 fully saturated rings. The SMILES string of the molecule is CN=C(NCC(=O)NCc1ccccc1)NC(C)C.I. The average Bonchev–Trinajstić information content (AvgIpc) is 2.42. The number of nitrogens with one attached hydrogen (secondary N) is 3. The number of carbonyl (C=O) groups excluding carboxylic acids is 1. The van der Waals surface area contributed by atoms with Crippen LogP contribution in [0.2, 0.25) is 0 Å². The maximum Gasteiger partial charge on any atom is 0.239 e. The average molecular weight is 390 g/mol. The standard InChI is InChI=1S/C14H22N4O.HI/c1-11(2)18-14(15-3)17-10-13(19)16-9-12-7-5-4-6-8-12;/h4-8,11H,9-10H2,1-3H3,(H,16,19)(H2,15,17,18);1H. The van der Waals surface area contributed by atoms with E-state index >= 15 is 0 Å². The topological polar surface area (TPSA) is 65.5 Å². The van der Waals surface area contributed by atoms with Gasteiger partial charge >= 0.3 is 0 Å². The molecule has 0 aliphatic carbocycles. The molecule has 0 spiro atoms. The first kappa shape index (κ1) is 18.7. The van der Waals surface area contributed by atoms with E-state index in [4.69, 9.17) is 0 Å². The van der Waals surface area contributed by atoms with Crippen molar-refractivity contribution in [2.24, 2.45) is 4.99 Å². The van der Waals surface area contributed by atoms with Crippen LogP contribution in [0.3, 0.4) is 0 Å². The Bertz CT molecular complexity index is 420. The van der Waals surface area contributed by atoms with Gasteiger partial charge in [-0.2, -0.15) is 0 Å². The zero-order valence-corrected chi connectivity index (χ0v) is 14.5. The van der Waals surface area contributed by atoms with Crippen LogP contribution in [0.5, 0.6) is 0 Å². The summed E-state index contributed by atoms with van der Waals surface area (Å²) in [6, 6.07) is 10.1. The monoisotopic (exact) mass is 390 g/mol. The Hall–Kier alpha value is -1.31. The van der Waals surface area contributed by atoms with E-state index in [1.54, 1.807) is 7.05 Å². The van der Waals surface area contributed by atoms with E-state index in [-0.39, 0.29) is 42.5 Å². The fourth-order valence-corrected chi connectivity index (χ4v) is 1.49. The molecular formula is C14H23IN4O. The number of nitrogens with zero attached hydrogens (tertiary/aromatic N) is 1. The molecule has 112 valence electrons. The van der Waals surface area contributed by atoms with Crippen molar-refractivity contribution >= 4 is 35.8 Å². The number of carbonyl (C=O) groups is 1. The number of aliphatic imine (C=N–C) groups is 1. The number of hydrogen-bond acceptors (Lipinski definition) is 2. The summed E-state index contributed by atoms with van der Waals surface area (Å²) in [6.07, 6.45) is 0. The number of benzene rings is 1. The normalized spacial score (nSPS) is 10.7. The third-order valence-corrected chi connectivity index (χ3v) is 2.40. The van der Waals surface area contributed by atoms with Crippen LogP contribution in [0, 0.1) is 0 Å². The highest BCUT2D eigenvalue weighted by Crippen LogP contribution is 1.96. The van der Waals surface area contributed by atoms with Crippen molar-refractivity contribution in [1.82, 2.24) is 16.0 Å². The first-order chi connectivity index (χ1) is 9.11. The highest BCUT2D eigenvalue weighted by molar-refractivity contribution is 14.0. The highest BCUT2D eigenvalue weighted by atomic mass is 127. The zero-order valence-electron chi connectivity index (χ0n) is 12.1. The van der Waals surface area contributed by atoms with E-state index in [0.29, 0.717) is 12.5 Å². The minimum Gasteiger partial charge on any atom is -0.354 e. The molecule has 1 amide bonds. The summed E-state index contributed by atoms with van der Waals surface area (Å²) < 4.78 is 0. The third-order valence-electron chi connectivity index (χ3n) is 2.40. The first-order valence-electron chi connectivity index (χ1n) is 6.39. The molecule has 5 nitrogen and oxygen atoms in total. The second-order valence-electron chi connectivity index (χ2n) is 4.49. The second-order valence-corrected chi connectivity index (χ2v) is 4.49. The molecule has 0 saturated carbocycles. The molecule has 1 aromatic carbocycles. The quantitative estimate of drug-likeness (QED) is 0.406. The molecule has 0 aliphatic heterocycles. The van der Waals surface area contributed by atoms with Crippen LogP contribution in [0.15, 0.2) is 35.3 Å². The Labute approximate surface area is 137 Å². The maximum absolute atomic E-state index is 11.7. The molecule has 3 N–H and O–H groups in total. The number of hydrogen-bond donors (Lipinski definition) is 3. The lowest BCUT2D eigenvalue weighted by atomic mass is 10.2. The van der Waals surface area contributed by atoms with Crippen LogP contribution in [-0.2, 0) is 11.3 Å². The van der Waals surface area contributed by atoms with Gasteiger partial charge in [-0.25, -0.2) is 0 Å². The molecule has 0 saturated heterocycles. The predicted octanol–water partition coefficient (Wildman–Crippen LogP) is 1.49. The van der Waals surface area contributed by atoms with E-state index < -0.39 is 0 Å². The predicted molar refractivity (Wildman–Crippen MR) is 93.3 cm³/mol. The molecule has 0 radical (unpaired) electrons. The molecule has 0 heterocycles. The van der Waals surface area contributed by atoms with Crippen molar-refractivity contribution in [3.63, 3.8) is 0 Å². The minimum atomic E-state index is -0.0597. The van der Waals surface area contributed by atoms with Gasteiger partial charge in [-0.3, -0.25) is 9.79 Å². The number of halogens is 1. The van der Waals surface area contributed by atoms with Crippen molar-refractivity contribution in [3.8, 4) is 0 Å². The largest absolute Gasteiger partial charge is 0.354 e. The van der Waals surface area contributed by atoms with Gasteiger partial charge < -0.3 is 16.0 Å². The summed E-state index contributed by atoms with van der Waals surface area (Å²) in [5, 5.41) is 8.93. The smallest absolute Gasteiger partial charge is 0.239 e.